The molecule has 0 saturated carbocycles. The molecule has 5 heteroatoms. The van der Waals surface area contributed by atoms with Crippen LogP contribution in [0.4, 0.5) is 5.82 Å². The van der Waals surface area contributed by atoms with E-state index in [2.05, 4.69) is 4.98 Å². The predicted molar refractivity (Wildman–Crippen MR) is 67.9 cm³/mol. The van der Waals surface area contributed by atoms with Crippen molar-refractivity contribution < 1.29 is 0 Å². The van der Waals surface area contributed by atoms with Gasteiger partial charge < -0.3 is 5.73 Å². The highest BCUT2D eigenvalue weighted by Gasteiger charge is 2.07. The molecule has 0 radical (unpaired) electrons. The normalized spacial score (nSPS) is 11.1. The van der Waals surface area contributed by atoms with E-state index in [1.54, 1.807) is 0 Å². The van der Waals surface area contributed by atoms with Crippen molar-refractivity contribution in [3.8, 4) is 11.3 Å². The first-order valence-electron chi connectivity index (χ1n) is 4.72. The third-order valence-electron chi connectivity index (χ3n) is 2.38. The van der Waals surface area contributed by atoms with Crippen LogP contribution in [0.1, 0.15) is 0 Å². The summed E-state index contributed by atoms with van der Waals surface area (Å²) in [5, 5.41) is 2.61. The quantitative estimate of drug-likeness (QED) is 0.719. The molecule has 3 nitrogen and oxygen atoms in total. The van der Waals surface area contributed by atoms with Crippen LogP contribution in [0.25, 0.3) is 16.2 Å². The molecule has 2 N–H and O–H groups in total. The molecule has 2 heterocycles. The summed E-state index contributed by atoms with van der Waals surface area (Å²) in [7, 11) is 0. The fourth-order valence-electron chi connectivity index (χ4n) is 1.56. The first kappa shape index (κ1) is 9.69. The first-order chi connectivity index (χ1) is 7.74. The molecule has 0 aliphatic heterocycles. The smallest absolute Gasteiger partial charge is 0.195 e. The van der Waals surface area contributed by atoms with Crippen molar-refractivity contribution in [2.75, 3.05) is 5.73 Å². The van der Waals surface area contributed by atoms with E-state index in [1.165, 1.54) is 11.3 Å². The maximum atomic E-state index is 5.84. The Morgan fingerprint density at radius 2 is 2.00 bits per heavy atom. The Bertz CT molecular complexity index is 639. The minimum atomic E-state index is 0.715. The van der Waals surface area contributed by atoms with Crippen LogP contribution < -0.4 is 5.73 Å². The molecule has 2 aromatic heterocycles. The van der Waals surface area contributed by atoms with E-state index in [4.69, 9.17) is 17.3 Å². The number of halogens is 1. The molecule has 3 aromatic rings. The van der Waals surface area contributed by atoms with Gasteiger partial charge in [-0.3, -0.25) is 4.40 Å². The number of nitrogens with zero attached hydrogens (tertiary/aromatic N) is 2. The topological polar surface area (TPSA) is 43.3 Å². The van der Waals surface area contributed by atoms with Gasteiger partial charge in [-0.05, 0) is 12.1 Å². The van der Waals surface area contributed by atoms with Crippen LogP contribution in [-0.4, -0.2) is 9.38 Å². The average molecular weight is 250 g/mol. The molecular weight excluding hydrogens is 242 g/mol. The van der Waals surface area contributed by atoms with Crippen molar-refractivity contribution in [3.05, 3.63) is 40.9 Å². The number of rotatable bonds is 1. The first-order valence-corrected chi connectivity index (χ1v) is 5.98. The Morgan fingerprint density at radius 3 is 2.69 bits per heavy atom. The number of aromatic nitrogens is 2. The Morgan fingerprint density at radius 1 is 1.25 bits per heavy atom. The third kappa shape index (κ3) is 1.47. The fourth-order valence-corrected chi connectivity index (χ4v) is 2.45. The highest BCUT2D eigenvalue weighted by molar-refractivity contribution is 7.15. The molecule has 80 valence electrons. The summed E-state index contributed by atoms with van der Waals surface area (Å²) in [5.41, 5.74) is 7.76. The number of nitrogens with two attached hydrogens (primary N) is 1. The number of hydrogen-bond donors (Lipinski definition) is 1. The van der Waals surface area contributed by atoms with Crippen molar-refractivity contribution >= 4 is 33.7 Å². The number of nitrogen functional groups attached to an aromatic ring is 1. The molecule has 0 fully saturated rings. The monoisotopic (exact) mass is 249 g/mol. The van der Waals surface area contributed by atoms with Crippen LogP contribution in [-0.2, 0) is 0 Å². The maximum absolute atomic E-state index is 5.84. The van der Waals surface area contributed by atoms with Gasteiger partial charge in [0.2, 0.25) is 0 Å². The van der Waals surface area contributed by atoms with Gasteiger partial charge in [0, 0.05) is 22.2 Å². The number of hydrogen-bond acceptors (Lipinski definition) is 3. The zero-order valence-corrected chi connectivity index (χ0v) is 9.79. The van der Waals surface area contributed by atoms with E-state index in [9.17, 15) is 0 Å². The Kier molecular flexibility index (Phi) is 2.12. The molecule has 0 bridgehead atoms. The summed E-state index contributed by atoms with van der Waals surface area (Å²) in [5.74, 6) is 0.715. The predicted octanol–water partition coefficient (Wildman–Crippen LogP) is 3.30. The van der Waals surface area contributed by atoms with E-state index in [-0.39, 0.29) is 0 Å². The van der Waals surface area contributed by atoms with E-state index >= 15 is 0 Å². The van der Waals surface area contributed by atoms with Crippen LogP contribution in [0.2, 0.25) is 5.02 Å². The summed E-state index contributed by atoms with van der Waals surface area (Å²) >= 11 is 7.37. The summed E-state index contributed by atoms with van der Waals surface area (Å²) in [6, 6.07) is 7.61. The second-order valence-electron chi connectivity index (χ2n) is 3.45. The molecule has 16 heavy (non-hydrogen) atoms. The number of anilines is 1. The molecular formula is C11H8ClN3S. The van der Waals surface area contributed by atoms with Gasteiger partial charge in [-0.25, -0.2) is 4.98 Å². The summed E-state index contributed by atoms with van der Waals surface area (Å²) in [6.07, 6.45) is 1.93. The fraction of sp³-hybridized carbons (Fsp3) is 0. The van der Waals surface area contributed by atoms with Crippen molar-refractivity contribution in [2.24, 2.45) is 0 Å². The summed E-state index contributed by atoms with van der Waals surface area (Å²) in [4.78, 5) is 5.40. The molecule has 1 aromatic carbocycles. The van der Waals surface area contributed by atoms with E-state index < -0.39 is 0 Å². The molecule has 0 saturated heterocycles. The lowest BCUT2D eigenvalue weighted by atomic mass is 10.2. The van der Waals surface area contributed by atoms with Crippen molar-refractivity contribution in [2.45, 2.75) is 0 Å². The molecule has 0 amide bonds. The molecule has 0 spiro atoms. The van der Waals surface area contributed by atoms with E-state index in [0.29, 0.717) is 5.82 Å². The lowest BCUT2D eigenvalue weighted by Crippen LogP contribution is -1.87. The molecule has 0 unspecified atom stereocenters. The van der Waals surface area contributed by atoms with Crippen molar-refractivity contribution in [3.63, 3.8) is 0 Å². The van der Waals surface area contributed by atoms with Gasteiger partial charge in [-0.1, -0.05) is 23.7 Å². The maximum Gasteiger partial charge on any atom is 0.195 e. The highest BCUT2D eigenvalue weighted by atomic mass is 35.5. The zero-order chi connectivity index (χ0) is 11.1. The van der Waals surface area contributed by atoms with Gasteiger partial charge in [-0.15, -0.1) is 11.3 Å². The van der Waals surface area contributed by atoms with Crippen LogP contribution in [0.15, 0.2) is 35.8 Å². The van der Waals surface area contributed by atoms with Crippen molar-refractivity contribution in [1.82, 2.24) is 9.38 Å². The lowest BCUT2D eigenvalue weighted by Gasteiger charge is -1.95. The Hall–Kier alpha value is -1.52. The van der Waals surface area contributed by atoms with Crippen LogP contribution in [0, 0.1) is 0 Å². The Balaban J connectivity index is 2.15. The van der Waals surface area contributed by atoms with Gasteiger partial charge >= 0.3 is 0 Å². The number of thiazole rings is 1. The number of imidazole rings is 1. The van der Waals surface area contributed by atoms with Crippen molar-refractivity contribution in [1.29, 1.82) is 0 Å². The van der Waals surface area contributed by atoms with E-state index in [0.717, 1.165) is 21.2 Å². The van der Waals surface area contributed by atoms with Crippen LogP contribution in [0.3, 0.4) is 0 Å². The van der Waals surface area contributed by atoms with Gasteiger partial charge in [0.1, 0.15) is 5.82 Å². The summed E-state index contributed by atoms with van der Waals surface area (Å²) < 4.78 is 1.88. The number of benzene rings is 1. The minimum absolute atomic E-state index is 0.715. The van der Waals surface area contributed by atoms with Crippen LogP contribution >= 0.6 is 22.9 Å². The van der Waals surface area contributed by atoms with Gasteiger partial charge in [0.25, 0.3) is 0 Å². The van der Waals surface area contributed by atoms with Gasteiger partial charge in [0.05, 0.1) is 5.69 Å². The highest BCUT2D eigenvalue weighted by Crippen LogP contribution is 2.25. The van der Waals surface area contributed by atoms with Crippen LogP contribution in [0.5, 0.6) is 0 Å². The molecule has 0 aliphatic rings. The standard InChI is InChI=1S/C11H8ClN3S/c12-8-3-1-7(2-4-8)9-5-15-10(13)6-16-11(15)14-9/h1-6H,13H2. The van der Waals surface area contributed by atoms with Gasteiger partial charge in [-0.2, -0.15) is 0 Å². The second-order valence-corrected chi connectivity index (χ2v) is 4.72. The van der Waals surface area contributed by atoms with E-state index in [1.807, 2.05) is 40.2 Å². The average Bonchev–Trinajstić information content (AvgIpc) is 2.83. The lowest BCUT2D eigenvalue weighted by molar-refractivity contribution is 1.24. The van der Waals surface area contributed by atoms with Gasteiger partial charge in [0.15, 0.2) is 4.96 Å². The largest absolute Gasteiger partial charge is 0.384 e. The molecule has 3 rings (SSSR count). The number of fused-ring (bicyclic) bond motifs is 1. The minimum Gasteiger partial charge on any atom is -0.384 e. The second kappa shape index (κ2) is 3.50. The summed E-state index contributed by atoms with van der Waals surface area (Å²) in [6.45, 7) is 0. The third-order valence-corrected chi connectivity index (χ3v) is 3.49. The SMILES string of the molecule is Nc1csc2nc(-c3ccc(Cl)cc3)cn12. The molecule has 0 atom stereocenters. The molecule has 0 aliphatic carbocycles. The Labute approximate surface area is 101 Å². The zero-order valence-electron chi connectivity index (χ0n) is 8.22.